The van der Waals surface area contributed by atoms with E-state index in [2.05, 4.69) is 22.6 Å². The lowest BCUT2D eigenvalue weighted by Gasteiger charge is -2.04. The fourth-order valence-electron chi connectivity index (χ4n) is 2.24. The number of ketones is 1. The maximum Gasteiger partial charge on any atom is 0.244 e. The molecule has 0 bridgehead atoms. The van der Waals surface area contributed by atoms with Crippen LogP contribution in [0.4, 0.5) is 0 Å². The van der Waals surface area contributed by atoms with Crippen LogP contribution in [0.3, 0.4) is 0 Å². The van der Waals surface area contributed by atoms with Crippen LogP contribution in [0.25, 0.3) is 0 Å². The summed E-state index contributed by atoms with van der Waals surface area (Å²) in [7, 11) is 0. The first-order chi connectivity index (χ1) is 13.5. The third kappa shape index (κ3) is 11.6. The van der Waals surface area contributed by atoms with Gasteiger partial charge in [0.25, 0.3) is 0 Å². The molecule has 0 aromatic carbocycles. The number of amides is 1. The number of rotatable bonds is 16. The van der Waals surface area contributed by atoms with E-state index in [9.17, 15) is 9.59 Å². The molecular formula is C20H34N4O4. The first-order valence-corrected chi connectivity index (χ1v) is 10.1. The van der Waals surface area contributed by atoms with Crippen molar-refractivity contribution in [3.05, 3.63) is 24.0 Å². The summed E-state index contributed by atoms with van der Waals surface area (Å²) in [6.45, 7) is 9.49. The van der Waals surface area contributed by atoms with Crippen LogP contribution in [0.1, 0.15) is 45.7 Å². The van der Waals surface area contributed by atoms with E-state index in [4.69, 9.17) is 9.47 Å². The highest BCUT2D eigenvalue weighted by atomic mass is 16.5. The van der Waals surface area contributed by atoms with Crippen molar-refractivity contribution in [2.24, 2.45) is 5.92 Å². The highest BCUT2D eigenvalue weighted by molar-refractivity contribution is 5.98. The molecule has 8 heteroatoms. The smallest absolute Gasteiger partial charge is 0.244 e. The van der Waals surface area contributed by atoms with E-state index in [-0.39, 0.29) is 17.6 Å². The van der Waals surface area contributed by atoms with Gasteiger partial charge in [0, 0.05) is 31.3 Å². The Hall–Kier alpha value is -2.06. The molecular weight excluding hydrogens is 360 g/mol. The molecule has 0 spiro atoms. The second-order valence-electron chi connectivity index (χ2n) is 6.84. The molecule has 0 radical (unpaired) electrons. The van der Waals surface area contributed by atoms with Gasteiger partial charge in [-0.1, -0.05) is 26.0 Å². The largest absolute Gasteiger partial charge is 0.379 e. The molecule has 158 valence electrons. The van der Waals surface area contributed by atoms with Gasteiger partial charge in [-0.05, 0) is 31.8 Å². The lowest BCUT2D eigenvalue weighted by Crippen LogP contribution is -2.22. The summed E-state index contributed by atoms with van der Waals surface area (Å²) in [6, 6.07) is 0. The standard InChI is InChI=1S/C20H34N4O4/c1-4-12-27-14-15-28-13-11-24-16-18(22-23-24)7-5-6-10-21-20(26)9-8-19(25)17(2)3/h8-9,16-17H,4-7,10-15H2,1-3H3,(H,21,26)/b9-8+. The fraction of sp³-hybridized carbons (Fsp3) is 0.700. The number of aromatic nitrogens is 3. The number of nitrogens with zero attached hydrogens (tertiary/aromatic N) is 3. The van der Waals surface area contributed by atoms with Gasteiger partial charge in [0.1, 0.15) is 0 Å². The van der Waals surface area contributed by atoms with Crippen LogP contribution in [0.5, 0.6) is 0 Å². The summed E-state index contributed by atoms with van der Waals surface area (Å²) in [5, 5.41) is 11.0. The topological polar surface area (TPSA) is 95.3 Å². The SMILES string of the molecule is CCCOCCOCCn1cc(CCCCNC(=O)/C=C/C(=O)C(C)C)nn1. The minimum atomic E-state index is -0.236. The molecule has 1 heterocycles. The Balaban J connectivity index is 2.07. The Morgan fingerprint density at radius 2 is 1.89 bits per heavy atom. The van der Waals surface area contributed by atoms with Crippen LogP contribution in [0.2, 0.25) is 0 Å². The summed E-state index contributed by atoms with van der Waals surface area (Å²) >= 11 is 0. The number of carbonyl (C=O) groups is 2. The highest BCUT2D eigenvalue weighted by Gasteiger charge is 2.04. The van der Waals surface area contributed by atoms with Gasteiger partial charge in [0.2, 0.25) is 5.91 Å². The first-order valence-electron chi connectivity index (χ1n) is 10.1. The molecule has 28 heavy (non-hydrogen) atoms. The molecule has 1 amide bonds. The summed E-state index contributed by atoms with van der Waals surface area (Å²) in [6.07, 6.45) is 8.13. The van der Waals surface area contributed by atoms with Crippen molar-refractivity contribution in [1.82, 2.24) is 20.3 Å². The van der Waals surface area contributed by atoms with Gasteiger partial charge in [-0.25, -0.2) is 4.68 Å². The molecule has 0 saturated heterocycles. The van der Waals surface area contributed by atoms with Crippen LogP contribution in [0.15, 0.2) is 18.3 Å². The van der Waals surface area contributed by atoms with Gasteiger partial charge < -0.3 is 14.8 Å². The number of carbonyl (C=O) groups excluding carboxylic acids is 2. The summed E-state index contributed by atoms with van der Waals surface area (Å²) < 4.78 is 12.6. The third-order valence-electron chi connectivity index (χ3n) is 3.90. The molecule has 0 aliphatic carbocycles. The van der Waals surface area contributed by atoms with E-state index in [0.717, 1.165) is 38.0 Å². The predicted octanol–water partition coefficient (Wildman–Crippen LogP) is 1.94. The normalized spacial score (nSPS) is 11.4. The van der Waals surface area contributed by atoms with Crippen LogP contribution >= 0.6 is 0 Å². The van der Waals surface area contributed by atoms with E-state index in [1.165, 1.54) is 12.2 Å². The quantitative estimate of drug-likeness (QED) is 0.340. The molecule has 0 aliphatic heterocycles. The van der Waals surface area contributed by atoms with Crippen molar-refractivity contribution in [3.8, 4) is 0 Å². The monoisotopic (exact) mass is 394 g/mol. The first kappa shape index (κ1) is 24.0. The van der Waals surface area contributed by atoms with E-state index >= 15 is 0 Å². The van der Waals surface area contributed by atoms with Gasteiger partial charge in [-0.3, -0.25) is 9.59 Å². The van der Waals surface area contributed by atoms with Gasteiger partial charge in [0.15, 0.2) is 5.78 Å². The molecule has 0 saturated carbocycles. The minimum absolute atomic E-state index is 0.0477. The van der Waals surface area contributed by atoms with E-state index < -0.39 is 0 Å². The molecule has 1 rings (SSSR count). The number of allylic oxidation sites excluding steroid dienone is 1. The molecule has 1 N–H and O–H groups in total. The Morgan fingerprint density at radius 1 is 1.14 bits per heavy atom. The average Bonchev–Trinajstić information content (AvgIpc) is 3.12. The van der Waals surface area contributed by atoms with Gasteiger partial charge >= 0.3 is 0 Å². The molecule has 0 unspecified atom stereocenters. The Morgan fingerprint density at radius 3 is 2.61 bits per heavy atom. The Labute approximate surface area is 167 Å². The molecule has 1 aromatic heterocycles. The van der Waals surface area contributed by atoms with Crippen LogP contribution in [0, 0.1) is 5.92 Å². The van der Waals surface area contributed by atoms with Crippen molar-refractivity contribution in [1.29, 1.82) is 0 Å². The maximum absolute atomic E-state index is 11.6. The zero-order valence-corrected chi connectivity index (χ0v) is 17.4. The molecule has 0 aliphatic rings. The molecule has 0 atom stereocenters. The van der Waals surface area contributed by atoms with E-state index in [1.807, 2.05) is 6.20 Å². The minimum Gasteiger partial charge on any atom is -0.379 e. The second kappa shape index (κ2) is 14.9. The zero-order valence-electron chi connectivity index (χ0n) is 17.4. The molecule has 1 aromatic rings. The number of unbranched alkanes of at least 4 members (excludes halogenated alkanes) is 1. The maximum atomic E-state index is 11.6. The van der Waals surface area contributed by atoms with Crippen molar-refractivity contribution >= 4 is 11.7 Å². The van der Waals surface area contributed by atoms with Crippen molar-refractivity contribution in [2.45, 2.75) is 53.0 Å². The average molecular weight is 395 g/mol. The van der Waals surface area contributed by atoms with Gasteiger partial charge in [-0.2, -0.15) is 0 Å². The Kier molecular flexibility index (Phi) is 12.8. The Bertz CT molecular complexity index is 599. The number of aryl methyl sites for hydroxylation is 1. The molecule has 8 nitrogen and oxygen atoms in total. The number of hydrogen-bond donors (Lipinski definition) is 1. The van der Waals surface area contributed by atoms with Gasteiger partial charge in [0.05, 0.1) is 32.1 Å². The lowest BCUT2D eigenvalue weighted by atomic mass is 10.1. The van der Waals surface area contributed by atoms with Crippen molar-refractivity contribution in [3.63, 3.8) is 0 Å². The zero-order chi connectivity index (χ0) is 20.6. The van der Waals surface area contributed by atoms with Crippen LogP contribution < -0.4 is 5.32 Å². The van der Waals surface area contributed by atoms with E-state index in [0.29, 0.717) is 32.9 Å². The van der Waals surface area contributed by atoms with Crippen molar-refractivity contribution < 1.29 is 19.1 Å². The number of nitrogens with one attached hydrogen (secondary N) is 1. The van der Waals surface area contributed by atoms with Crippen molar-refractivity contribution in [2.75, 3.05) is 33.0 Å². The van der Waals surface area contributed by atoms with E-state index in [1.54, 1.807) is 18.5 Å². The predicted molar refractivity (Wildman–Crippen MR) is 107 cm³/mol. The van der Waals surface area contributed by atoms with Crippen LogP contribution in [-0.2, 0) is 32.0 Å². The third-order valence-corrected chi connectivity index (χ3v) is 3.90. The highest BCUT2D eigenvalue weighted by Crippen LogP contribution is 2.01. The number of ether oxygens (including phenoxy) is 2. The van der Waals surface area contributed by atoms with Gasteiger partial charge in [-0.15, -0.1) is 5.10 Å². The lowest BCUT2D eigenvalue weighted by molar-refractivity contribution is -0.119. The number of hydrogen-bond acceptors (Lipinski definition) is 6. The summed E-state index contributed by atoms with van der Waals surface area (Å²) in [5.74, 6) is -0.377. The second-order valence-corrected chi connectivity index (χ2v) is 6.84. The summed E-state index contributed by atoms with van der Waals surface area (Å²) in [4.78, 5) is 23.0. The summed E-state index contributed by atoms with van der Waals surface area (Å²) in [5.41, 5.74) is 0.931. The molecule has 0 fully saturated rings. The van der Waals surface area contributed by atoms with Crippen LogP contribution in [-0.4, -0.2) is 59.7 Å². The fourth-order valence-corrected chi connectivity index (χ4v) is 2.24.